The first kappa shape index (κ1) is 64.5. The molecular formula is C110H74O. The molecule has 111 heavy (non-hydrogen) atoms. The van der Waals surface area contributed by atoms with Crippen LogP contribution in [0.1, 0.15) is 49.9 Å². The zero-order valence-corrected chi connectivity index (χ0v) is 62.2. The third-order valence-corrected chi connectivity index (χ3v) is 24.8. The first-order valence-electron chi connectivity index (χ1n) is 38.9. The van der Waals surface area contributed by atoms with E-state index in [0.29, 0.717) is 0 Å². The zero-order chi connectivity index (χ0) is 73.8. The van der Waals surface area contributed by atoms with Gasteiger partial charge in [-0.05, 0) is 269 Å². The molecule has 0 saturated carbocycles. The van der Waals surface area contributed by atoms with Gasteiger partial charge in [0.15, 0.2) is 0 Å². The van der Waals surface area contributed by atoms with Crippen LogP contribution in [0.25, 0.3) is 208 Å². The molecule has 0 unspecified atom stereocenters. The fourth-order valence-electron chi connectivity index (χ4n) is 19.8. The van der Waals surface area contributed by atoms with Crippen LogP contribution in [-0.2, 0) is 10.8 Å². The Hall–Kier alpha value is -13.7. The Morgan fingerprint density at radius 1 is 0.171 bits per heavy atom. The van der Waals surface area contributed by atoms with Gasteiger partial charge in [0, 0.05) is 21.6 Å². The van der Waals surface area contributed by atoms with Crippen LogP contribution < -0.4 is 0 Å². The van der Waals surface area contributed by atoms with Gasteiger partial charge in [-0.25, -0.2) is 0 Å². The molecule has 0 amide bonds. The summed E-state index contributed by atoms with van der Waals surface area (Å²) < 4.78 is 6.23. The molecule has 1 nitrogen and oxygen atoms in total. The summed E-state index contributed by atoms with van der Waals surface area (Å²) in [6.07, 6.45) is 0. The molecule has 1 heterocycles. The van der Waals surface area contributed by atoms with Crippen molar-refractivity contribution in [3.05, 3.63) is 398 Å². The van der Waals surface area contributed by atoms with Crippen molar-refractivity contribution in [2.45, 2.75) is 38.5 Å². The summed E-state index contributed by atoms with van der Waals surface area (Å²) >= 11 is 0. The molecule has 0 atom stereocenters. The summed E-state index contributed by atoms with van der Waals surface area (Å²) in [6.45, 7) is 9.59. The SMILES string of the molecule is CC1(C)c2cc3ccccc3cc2-c2cccc(-c3cccc(-c4c5ccccc5c(-c5ccc6c(ccc7ccccc76)c5)c5ccccc45)c3)c21.CC1(C)c2cc3ccccc3cc2-c2cccc(-c3cccc(-c4c5ccccc5c(-c5ccccc5-c5ccc6oc7ccccc7c6c5)c5ccccc45)c3)c21. The van der Waals surface area contributed by atoms with Crippen molar-refractivity contribution >= 4 is 108 Å². The quantitative estimate of drug-likeness (QED) is 0.114. The highest BCUT2D eigenvalue weighted by atomic mass is 16.3. The number of furan rings is 1. The molecular weight excluding hydrogens is 1340 g/mol. The Balaban J connectivity index is 0.000000137. The van der Waals surface area contributed by atoms with Crippen LogP contribution in [0, 0.1) is 0 Å². The van der Waals surface area contributed by atoms with Gasteiger partial charge in [-0.15, -0.1) is 0 Å². The minimum absolute atomic E-state index is 0.130. The molecule has 1 aromatic heterocycles. The Morgan fingerprint density at radius 2 is 0.505 bits per heavy atom. The maximum atomic E-state index is 6.23. The van der Waals surface area contributed by atoms with Gasteiger partial charge in [0.05, 0.1) is 0 Å². The van der Waals surface area contributed by atoms with E-state index in [9.17, 15) is 0 Å². The largest absolute Gasteiger partial charge is 0.456 e. The van der Waals surface area contributed by atoms with E-state index in [-0.39, 0.29) is 10.8 Å². The highest BCUT2D eigenvalue weighted by molar-refractivity contribution is 6.25. The molecule has 0 bridgehead atoms. The van der Waals surface area contributed by atoms with E-state index in [1.54, 1.807) is 0 Å². The van der Waals surface area contributed by atoms with Gasteiger partial charge in [0.2, 0.25) is 0 Å². The monoisotopic (exact) mass is 1410 g/mol. The van der Waals surface area contributed by atoms with Gasteiger partial charge >= 0.3 is 0 Å². The van der Waals surface area contributed by atoms with Crippen LogP contribution in [0.2, 0.25) is 0 Å². The molecule has 0 N–H and O–H groups in total. The topological polar surface area (TPSA) is 13.1 Å². The van der Waals surface area contributed by atoms with Crippen molar-refractivity contribution < 1.29 is 4.42 Å². The van der Waals surface area contributed by atoms with Crippen LogP contribution in [-0.4, -0.2) is 0 Å². The average Bonchev–Trinajstić information content (AvgIpc) is 1.73. The van der Waals surface area contributed by atoms with Crippen LogP contribution in [0.3, 0.4) is 0 Å². The molecule has 2 aliphatic carbocycles. The van der Waals surface area contributed by atoms with E-state index >= 15 is 0 Å². The summed E-state index contributed by atoms with van der Waals surface area (Å²) in [4.78, 5) is 0. The van der Waals surface area contributed by atoms with Gasteiger partial charge in [0.1, 0.15) is 11.2 Å². The van der Waals surface area contributed by atoms with E-state index in [4.69, 9.17) is 4.42 Å². The Kier molecular flexibility index (Phi) is 14.5. The Labute approximate surface area is 645 Å². The molecule has 20 aromatic carbocycles. The predicted molar refractivity (Wildman–Crippen MR) is 473 cm³/mol. The molecule has 2 aliphatic rings. The number of fused-ring (bicyclic) bond motifs is 18. The number of hydrogen-bond acceptors (Lipinski definition) is 1. The van der Waals surface area contributed by atoms with Crippen LogP contribution in [0.15, 0.2) is 381 Å². The minimum Gasteiger partial charge on any atom is -0.456 e. The lowest BCUT2D eigenvalue weighted by Gasteiger charge is -2.25. The molecule has 0 saturated heterocycles. The van der Waals surface area contributed by atoms with Crippen molar-refractivity contribution in [2.24, 2.45) is 0 Å². The number of benzene rings is 20. The summed E-state index contributed by atoms with van der Waals surface area (Å²) in [6, 6.07) is 139. The van der Waals surface area contributed by atoms with Crippen molar-refractivity contribution in [3.63, 3.8) is 0 Å². The predicted octanol–water partition coefficient (Wildman–Crippen LogP) is 30.8. The highest BCUT2D eigenvalue weighted by Crippen LogP contribution is 2.57. The third kappa shape index (κ3) is 10.0. The van der Waals surface area contributed by atoms with Gasteiger partial charge in [-0.2, -0.15) is 0 Å². The van der Waals surface area contributed by atoms with Crippen molar-refractivity contribution in [2.75, 3.05) is 0 Å². The van der Waals surface area contributed by atoms with Gasteiger partial charge in [0.25, 0.3) is 0 Å². The second-order valence-corrected chi connectivity index (χ2v) is 31.6. The van der Waals surface area contributed by atoms with Crippen LogP contribution in [0.5, 0.6) is 0 Å². The molecule has 0 radical (unpaired) electrons. The van der Waals surface area contributed by atoms with Gasteiger partial charge in [-0.1, -0.05) is 343 Å². The second kappa shape index (κ2) is 24.9. The molecule has 0 fully saturated rings. The van der Waals surface area contributed by atoms with Crippen molar-refractivity contribution in [1.82, 2.24) is 0 Å². The van der Waals surface area contributed by atoms with E-state index < -0.39 is 0 Å². The maximum absolute atomic E-state index is 6.23. The summed E-state index contributed by atoms with van der Waals surface area (Å²) in [5, 5.41) is 22.7. The van der Waals surface area contributed by atoms with Gasteiger partial charge < -0.3 is 4.42 Å². The lowest BCUT2D eigenvalue weighted by atomic mass is 9.78. The minimum atomic E-state index is -0.148. The number of hydrogen-bond donors (Lipinski definition) is 0. The molecule has 0 spiro atoms. The first-order chi connectivity index (χ1) is 54.6. The average molecular weight is 1410 g/mol. The van der Waals surface area contributed by atoms with Crippen molar-refractivity contribution in [1.29, 1.82) is 0 Å². The smallest absolute Gasteiger partial charge is 0.135 e. The second-order valence-electron chi connectivity index (χ2n) is 31.6. The van der Waals surface area contributed by atoms with Crippen molar-refractivity contribution in [3.8, 4) is 100 Å². The molecule has 23 rings (SSSR count). The third-order valence-electron chi connectivity index (χ3n) is 24.8. The molecule has 0 aliphatic heterocycles. The van der Waals surface area contributed by atoms with E-state index in [1.165, 1.54) is 209 Å². The lowest BCUT2D eigenvalue weighted by Crippen LogP contribution is -2.16. The van der Waals surface area contributed by atoms with E-state index in [1.807, 2.05) is 12.1 Å². The molecule has 520 valence electrons. The fraction of sp³-hybridized carbons (Fsp3) is 0.0545. The van der Waals surface area contributed by atoms with Crippen LogP contribution >= 0.6 is 0 Å². The summed E-state index contributed by atoms with van der Waals surface area (Å²) in [7, 11) is 0. The zero-order valence-electron chi connectivity index (χ0n) is 62.2. The lowest BCUT2D eigenvalue weighted by molar-refractivity contribution is 0.663. The number of para-hydroxylation sites is 1. The Bertz CT molecular complexity index is 7410. The standard InChI is InChI=1S/C57H38O.C53H36/c1-57(2)51-34-36-16-4-3-15-35(36)32-49(51)48-27-14-26-41(56(48)57)37-17-13-18-39(31-37)54-44-22-7-9-24-46(44)55(47-25-10-8-23-45(47)54)43-21-6-5-19-40(43)38-29-30-53-50(33-38)42-20-11-12-28-52(42)58-53;1-53(2)49-32-35-15-4-3-14-34(35)31-48(49)47-24-12-23-42(52(47)53)36-16-11-17-38(29-36)50-43-19-7-9-21-45(43)51(46-22-10-8-20-44(46)50)39-27-28-41-37(30-39)26-25-33-13-5-6-18-40(33)41/h3-34H,1-2H3;3-32H,1-2H3. The highest BCUT2D eigenvalue weighted by Gasteiger charge is 2.40. The van der Waals surface area contributed by atoms with Crippen LogP contribution in [0.4, 0.5) is 0 Å². The Morgan fingerprint density at radius 3 is 1.01 bits per heavy atom. The summed E-state index contributed by atoms with van der Waals surface area (Å²) in [5.74, 6) is 0. The molecule has 1 heteroatoms. The van der Waals surface area contributed by atoms with E-state index in [2.05, 4.69) is 392 Å². The summed E-state index contributed by atoms with van der Waals surface area (Å²) in [5.41, 5.74) is 30.1. The van der Waals surface area contributed by atoms with E-state index in [0.717, 1.165) is 21.9 Å². The normalized spacial score (nSPS) is 13.2. The fourth-order valence-corrected chi connectivity index (χ4v) is 19.8. The number of rotatable bonds is 7. The van der Waals surface area contributed by atoms with Gasteiger partial charge in [-0.3, -0.25) is 0 Å². The molecule has 21 aromatic rings. The first-order valence-corrected chi connectivity index (χ1v) is 38.9. The maximum Gasteiger partial charge on any atom is 0.135 e.